The van der Waals surface area contributed by atoms with Crippen LogP contribution in [0.25, 0.3) is 0 Å². The van der Waals surface area contributed by atoms with E-state index >= 15 is 0 Å². The molecule has 0 aliphatic carbocycles. The van der Waals surface area contributed by atoms with E-state index in [2.05, 4.69) is 24.3 Å². The maximum Gasteiger partial charge on any atom is 0.106 e. The van der Waals surface area contributed by atoms with Crippen molar-refractivity contribution in [3.63, 3.8) is 0 Å². The average Bonchev–Trinajstić information content (AvgIpc) is 2.58. The van der Waals surface area contributed by atoms with E-state index in [-0.39, 0.29) is 12.2 Å². The summed E-state index contributed by atoms with van der Waals surface area (Å²) in [4.78, 5) is 0. The predicted octanol–water partition coefficient (Wildman–Crippen LogP) is 3.82. The highest BCUT2D eigenvalue weighted by molar-refractivity contribution is 5.14. The molecule has 0 saturated carbocycles. The number of hydrogen-bond donors (Lipinski definition) is 0. The van der Waals surface area contributed by atoms with Crippen LogP contribution in [-0.2, 0) is 27.4 Å². The van der Waals surface area contributed by atoms with Crippen LogP contribution >= 0.6 is 0 Å². The highest BCUT2D eigenvalue weighted by atomic mass is 16.6. The molecule has 0 radical (unpaired) electrons. The van der Waals surface area contributed by atoms with Crippen molar-refractivity contribution in [1.82, 2.24) is 0 Å². The number of methoxy groups -OCH3 is 1. The highest BCUT2D eigenvalue weighted by Gasteiger charge is 2.17. The smallest absolute Gasteiger partial charge is 0.106 e. The normalized spacial score (nSPS) is 13.7. The van der Waals surface area contributed by atoms with E-state index in [0.717, 1.165) is 11.1 Å². The van der Waals surface area contributed by atoms with Gasteiger partial charge >= 0.3 is 0 Å². The third-order valence-electron chi connectivity index (χ3n) is 3.58. The van der Waals surface area contributed by atoms with Crippen LogP contribution in [-0.4, -0.2) is 25.9 Å². The fourth-order valence-corrected chi connectivity index (χ4v) is 2.17. The summed E-state index contributed by atoms with van der Waals surface area (Å²) < 4.78 is 17.1. The van der Waals surface area contributed by atoms with Crippen molar-refractivity contribution in [1.29, 1.82) is 0 Å². The van der Waals surface area contributed by atoms with Gasteiger partial charge in [0.25, 0.3) is 0 Å². The summed E-state index contributed by atoms with van der Waals surface area (Å²) in [5.74, 6) is 0. The van der Waals surface area contributed by atoms with Crippen LogP contribution < -0.4 is 0 Å². The van der Waals surface area contributed by atoms with Gasteiger partial charge in [0, 0.05) is 7.11 Å². The zero-order chi connectivity index (χ0) is 15.6. The summed E-state index contributed by atoms with van der Waals surface area (Å²) in [7, 11) is 1.69. The molecule has 2 aromatic carbocycles. The molecule has 0 aromatic heterocycles. The molecule has 118 valence electrons. The van der Waals surface area contributed by atoms with E-state index in [0.29, 0.717) is 19.8 Å². The molecule has 0 spiro atoms. The van der Waals surface area contributed by atoms with Crippen molar-refractivity contribution in [2.75, 3.05) is 13.7 Å². The molecule has 2 atom stereocenters. The number of hydrogen-bond acceptors (Lipinski definition) is 3. The van der Waals surface area contributed by atoms with Crippen LogP contribution in [0.15, 0.2) is 60.7 Å². The fourth-order valence-electron chi connectivity index (χ4n) is 2.17. The van der Waals surface area contributed by atoms with Gasteiger partial charge < -0.3 is 14.2 Å². The maximum absolute atomic E-state index is 5.88. The highest BCUT2D eigenvalue weighted by Crippen LogP contribution is 2.10. The van der Waals surface area contributed by atoms with E-state index in [1.165, 1.54) is 0 Å². The monoisotopic (exact) mass is 300 g/mol. The van der Waals surface area contributed by atoms with E-state index in [4.69, 9.17) is 14.2 Å². The molecule has 0 bridgehead atoms. The molecule has 0 fully saturated rings. The van der Waals surface area contributed by atoms with Crippen molar-refractivity contribution in [3.05, 3.63) is 71.8 Å². The van der Waals surface area contributed by atoms with Crippen LogP contribution in [0.1, 0.15) is 18.1 Å². The number of ether oxygens (including phenoxy) is 3. The molecule has 0 N–H and O–H groups in total. The molecule has 0 heterocycles. The van der Waals surface area contributed by atoms with Crippen molar-refractivity contribution in [3.8, 4) is 0 Å². The zero-order valence-electron chi connectivity index (χ0n) is 13.3. The minimum absolute atomic E-state index is 0.0269. The largest absolute Gasteiger partial charge is 0.376 e. The van der Waals surface area contributed by atoms with Crippen molar-refractivity contribution >= 4 is 0 Å². The van der Waals surface area contributed by atoms with Gasteiger partial charge in [-0.2, -0.15) is 0 Å². The lowest BCUT2D eigenvalue weighted by Gasteiger charge is -2.23. The van der Waals surface area contributed by atoms with Gasteiger partial charge in [0.2, 0.25) is 0 Å². The molecular formula is C19H24O3. The van der Waals surface area contributed by atoms with Gasteiger partial charge in [0.1, 0.15) is 6.10 Å². The Morgan fingerprint density at radius 2 is 1.36 bits per heavy atom. The SMILES string of the molecule is CO[C@H](COCc1ccccc1)[C@H](C)OCc1ccccc1. The molecule has 22 heavy (non-hydrogen) atoms. The standard InChI is InChI=1S/C19H24O3/c1-16(22-14-18-11-7-4-8-12-18)19(20-2)15-21-13-17-9-5-3-6-10-17/h3-12,16,19H,13-15H2,1-2H3/t16-,19+/m0/s1. The van der Waals surface area contributed by atoms with Gasteiger partial charge in [0.05, 0.1) is 25.9 Å². The molecule has 0 aliphatic rings. The molecule has 3 nitrogen and oxygen atoms in total. The average molecular weight is 300 g/mol. The second-order valence-corrected chi connectivity index (χ2v) is 5.28. The molecular weight excluding hydrogens is 276 g/mol. The lowest BCUT2D eigenvalue weighted by atomic mass is 10.2. The van der Waals surface area contributed by atoms with E-state index < -0.39 is 0 Å². The summed E-state index contributed by atoms with van der Waals surface area (Å²) >= 11 is 0. The van der Waals surface area contributed by atoms with Crippen LogP contribution in [0.4, 0.5) is 0 Å². The van der Waals surface area contributed by atoms with Gasteiger partial charge in [0.15, 0.2) is 0 Å². The quantitative estimate of drug-likeness (QED) is 0.704. The van der Waals surface area contributed by atoms with Crippen molar-refractivity contribution < 1.29 is 14.2 Å². The molecule has 0 amide bonds. The predicted molar refractivity (Wildman–Crippen MR) is 87.6 cm³/mol. The fraction of sp³-hybridized carbons (Fsp3) is 0.368. The first-order valence-electron chi connectivity index (χ1n) is 7.59. The third kappa shape index (κ3) is 5.60. The molecule has 0 unspecified atom stereocenters. The summed E-state index contributed by atoms with van der Waals surface area (Å²) in [5, 5.41) is 0. The molecule has 0 saturated heterocycles. The first kappa shape index (κ1) is 16.7. The Labute approximate surface area is 132 Å². The Bertz CT molecular complexity index is 513. The molecule has 2 aromatic rings. The Hall–Kier alpha value is -1.68. The number of benzene rings is 2. The summed E-state index contributed by atoms with van der Waals surface area (Å²) in [6.45, 7) is 3.71. The lowest BCUT2D eigenvalue weighted by molar-refractivity contribution is -0.0895. The third-order valence-corrected chi connectivity index (χ3v) is 3.58. The van der Waals surface area contributed by atoms with E-state index in [1.54, 1.807) is 7.11 Å². The first-order chi connectivity index (χ1) is 10.8. The molecule has 3 heteroatoms. The van der Waals surface area contributed by atoms with Crippen molar-refractivity contribution in [2.45, 2.75) is 32.3 Å². The van der Waals surface area contributed by atoms with E-state index in [9.17, 15) is 0 Å². The Balaban J connectivity index is 1.73. The van der Waals surface area contributed by atoms with E-state index in [1.807, 2.05) is 43.3 Å². The van der Waals surface area contributed by atoms with Crippen LogP contribution in [0.5, 0.6) is 0 Å². The van der Waals surface area contributed by atoms with Gasteiger partial charge in [-0.3, -0.25) is 0 Å². The number of rotatable bonds is 9. The molecule has 2 rings (SSSR count). The Kier molecular flexibility index (Phi) is 7.10. The van der Waals surface area contributed by atoms with Gasteiger partial charge in [-0.15, -0.1) is 0 Å². The lowest BCUT2D eigenvalue weighted by Crippen LogP contribution is -2.32. The first-order valence-corrected chi connectivity index (χ1v) is 7.59. The summed E-state index contributed by atoms with van der Waals surface area (Å²) in [6.07, 6.45) is -0.103. The van der Waals surface area contributed by atoms with Crippen LogP contribution in [0.3, 0.4) is 0 Å². The second kappa shape index (κ2) is 9.36. The zero-order valence-corrected chi connectivity index (χ0v) is 13.3. The maximum atomic E-state index is 5.88. The summed E-state index contributed by atoms with van der Waals surface area (Å²) in [5.41, 5.74) is 2.32. The topological polar surface area (TPSA) is 27.7 Å². The van der Waals surface area contributed by atoms with Gasteiger partial charge in [-0.1, -0.05) is 60.7 Å². The van der Waals surface area contributed by atoms with Gasteiger partial charge in [-0.05, 0) is 18.1 Å². The second-order valence-electron chi connectivity index (χ2n) is 5.28. The summed E-state index contributed by atoms with van der Waals surface area (Å²) in [6, 6.07) is 20.3. The van der Waals surface area contributed by atoms with Crippen LogP contribution in [0, 0.1) is 0 Å². The van der Waals surface area contributed by atoms with Gasteiger partial charge in [-0.25, -0.2) is 0 Å². The van der Waals surface area contributed by atoms with Crippen LogP contribution in [0.2, 0.25) is 0 Å². The Morgan fingerprint density at radius 3 is 1.91 bits per heavy atom. The Morgan fingerprint density at radius 1 is 0.818 bits per heavy atom. The molecule has 0 aliphatic heterocycles. The van der Waals surface area contributed by atoms with Crippen molar-refractivity contribution in [2.24, 2.45) is 0 Å². The minimum atomic E-state index is -0.0765. The minimum Gasteiger partial charge on any atom is -0.376 e.